The third kappa shape index (κ3) is 3.19. The summed E-state index contributed by atoms with van der Waals surface area (Å²) in [7, 11) is -3.63. The first-order valence-electron chi connectivity index (χ1n) is 7.13. The number of rotatable bonds is 6. The van der Waals surface area contributed by atoms with E-state index < -0.39 is 10.0 Å². The Kier molecular flexibility index (Phi) is 3.86. The minimum absolute atomic E-state index is 0.0730. The van der Waals surface area contributed by atoms with E-state index in [2.05, 4.69) is 9.82 Å². The number of furan rings is 1. The van der Waals surface area contributed by atoms with Gasteiger partial charge in [0.05, 0.1) is 12.5 Å². The van der Waals surface area contributed by atoms with E-state index in [-0.39, 0.29) is 11.1 Å². The van der Waals surface area contributed by atoms with Crippen molar-refractivity contribution >= 4 is 10.0 Å². The molecular weight excluding hydrogens is 290 g/mol. The molecule has 1 N–H and O–H groups in total. The highest BCUT2D eigenvalue weighted by Crippen LogP contribution is 2.28. The van der Waals surface area contributed by atoms with E-state index in [1.54, 1.807) is 19.2 Å². The average molecular weight is 309 g/mol. The summed E-state index contributed by atoms with van der Waals surface area (Å²) >= 11 is 0. The summed E-state index contributed by atoms with van der Waals surface area (Å²) < 4.78 is 33.6. The number of sulfonamides is 1. The molecule has 1 fully saturated rings. The topological polar surface area (TPSA) is 77.1 Å². The molecule has 3 rings (SSSR count). The average Bonchev–Trinajstić information content (AvgIpc) is 3.05. The molecule has 0 unspecified atom stereocenters. The van der Waals surface area contributed by atoms with E-state index in [9.17, 15) is 8.42 Å². The largest absolute Gasteiger partial charge is 0.452 e. The second-order valence-corrected chi connectivity index (χ2v) is 7.21. The van der Waals surface area contributed by atoms with Gasteiger partial charge in [0.15, 0.2) is 0 Å². The predicted octanol–water partition coefficient (Wildman–Crippen LogP) is 2.32. The lowest BCUT2D eigenvalue weighted by Gasteiger charge is -2.24. The molecule has 2 aromatic rings. The first-order valence-corrected chi connectivity index (χ1v) is 8.61. The van der Waals surface area contributed by atoms with Crippen molar-refractivity contribution in [3.05, 3.63) is 36.4 Å². The molecule has 0 spiro atoms. The minimum atomic E-state index is -3.63. The zero-order valence-corrected chi connectivity index (χ0v) is 12.7. The first-order chi connectivity index (χ1) is 10.0. The van der Waals surface area contributed by atoms with Crippen molar-refractivity contribution in [1.29, 1.82) is 0 Å². The Morgan fingerprint density at radius 1 is 1.52 bits per heavy atom. The van der Waals surface area contributed by atoms with Gasteiger partial charge in [0.1, 0.15) is 0 Å². The van der Waals surface area contributed by atoms with Crippen LogP contribution in [0, 0.1) is 5.92 Å². The van der Waals surface area contributed by atoms with E-state index in [1.807, 2.05) is 10.9 Å². The summed E-state index contributed by atoms with van der Waals surface area (Å²) in [6.07, 6.45) is 8.79. The van der Waals surface area contributed by atoms with Crippen LogP contribution >= 0.6 is 0 Å². The van der Waals surface area contributed by atoms with Gasteiger partial charge in [-0.15, -0.1) is 0 Å². The van der Waals surface area contributed by atoms with Crippen molar-refractivity contribution in [1.82, 2.24) is 14.5 Å². The van der Waals surface area contributed by atoms with Crippen LogP contribution in [0.3, 0.4) is 0 Å². The van der Waals surface area contributed by atoms with Crippen LogP contribution in [0.15, 0.2) is 40.3 Å². The second-order valence-electron chi connectivity index (χ2n) is 5.57. The van der Waals surface area contributed by atoms with Crippen molar-refractivity contribution in [3.63, 3.8) is 0 Å². The summed E-state index contributed by atoms with van der Waals surface area (Å²) in [5, 5.41) is 4.24. The van der Waals surface area contributed by atoms with Crippen LogP contribution in [-0.2, 0) is 16.6 Å². The summed E-state index contributed by atoms with van der Waals surface area (Å²) in [4.78, 5) is 0. The highest BCUT2D eigenvalue weighted by molar-refractivity contribution is 7.89. The van der Waals surface area contributed by atoms with Gasteiger partial charge >= 0.3 is 0 Å². The quantitative estimate of drug-likeness (QED) is 0.888. The van der Waals surface area contributed by atoms with Crippen molar-refractivity contribution in [2.75, 3.05) is 0 Å². The van der Waals surface area contributed by atoms with Crippen molar-refractivity contribution in [2.45, 2.75) is 43.9 Å². The van der Waals surface area contributed by atoms with Gasteiger partial charge in [-0.1, -0.05) is 6.42 Å². The molecule has 7 heteroatoms. The standard InChI is InChI=1S/C14H19N3O3S/c1-11(16-21(18,19)14-6-3-7-20-14)13-8-15-17(10-13)9-12-4-2-5-12/h3,6-8,10-12,16H,2,4-5,9H2,1H3/t11-/m0/s1. The summed E-state index contributed by atoms with van der Waals surface area (Å²) in [6, 6.07) is 2.63. The molecule has 1 saturated carbocycles. The first kappa shape index (κ1) is 14.3. The number of aromatic nitrogens is 2. The minimum Gasteiger partial charge on any atom is -0.452 e. The van der Waals surface area contributed by atoms with Gasteiger partial charge in [0.2, 0.25) is 5.09 Å². The van der Waals surface area contributed by atoms with Gasteiger partial charge in [-0.2, -0.15) is 5.10 Å². The fourth-order valence-corrected chi connectivity index (χ4v) is 3.58. The third-order valence-corrected chi connectivity index (χ3v) is 5.34. The third-order valence-electron chi connectivity index (χ3n) is 3.92. The maximum atomic E-state index is 12.1. The van der Waals surface area contributed by atoms with Gasteiger partial charge < -0.3 is 4.42 Å². The van der Waals surface area contributed by atoms with Crippen LogP contribution in [0.2, 0.25) is 0 Å². The summed E-state index contributed by atoms with van der Waals surface area (Å²) in [5.74, 6) is 0.716. The van der Waals surface area contributed by atoms with E-state index >= 15 is 0 Å². The summed E-state index contributed by atoms with van der Waals surface area (Å²) in [6.45, 7) is 2.71. The van der Waals surface area contributed by atoms with E-state index in [0.717, 1.165) is 12.1 Å². The van der Waals surface area contributed by atoms with E-state index in [4.69, 9.17) is 4.42 Å². The fraction of sp³-hybridized carbons (Fsp3) is 0.500. The Labute approximate surface area is 124 Å². The van der Waals surface area contributed by atoms with Crippen LogP contribution in [0.1, 0.15) is 37.8 Å². The molecule has 21 heavy (non-hydrogen) atoms. The molecule has 6 nitrogen and oxygen atoms in total. The number of hydrogen-bond acceptors (Lipinski definition) is 4. The second kappa shape index (κ2) is 5.65. The highest BCUT2D eigenvalue weighted by Gasteiger charge is 2.22. The lowest BCUT2D eigenvalue weighted by atomic mass is 9.85. The van der Waals surface area contributed by atoms with Gasteiger partial charge in [-0.25, -0.2) is 13.1 Å². The Morgan fingerprint density at radius 3 is 2.95 bits per heavy atom. The maximum Gasteiger partial charge on any atom is 0.274 e. The number of nitrogens with one attached hydrogen (secondary N) is 1. The van der Waals surface area contributed by atoms with Crippen molar-refractivity contribution in [2.24, 2.45) is 5.92 Å². The van der Waals surface area contributed by atoms with Crippen molar-refractivity contribution < 1.29 is 12.8 Å². The molecule has 0 amide bonds. The van der Waals surface area contributed by atoms with Gasteiger partial charge in [0.25, 0.3) is 10.0 Å². The Balaban J connectivity index is 1.66. The lowest BCUT2D eigenvalue weighted by molar-refractivity contribution is 0.266. The normalized spacial score (nSPS) is 17.6. The SMILES string of the molecule is C[C@H](NS(=O)(=O)c1ccco1)c1cnn(CC2CCC2)c1. The van der Waals surface area contributed by atoms with Crippen LogP contribution < -0.4 is 4.72 Å². The number of hydrogen-bond donors (Lipinski definition) is 1. The smallest absolute Gasteiger partial charge is 0.274 e. The molecule has 114 valence electrons. The molecule has 1 aliphatic rings. The van der Waals surface area contributed by atoms with Crippen LogP contribution in [0.4, 0.5) is 0 Å². The molecule has 0 saturated heterocycles. The van der Waals surface area contributed by atoms with Gasteiger partial charge in [-0.05, 0) is 37.8 Å². The zero-order valence-electron chi connectivity index (χ0n) is 11.9. The molecule has 0 radical (unpaired) electrons. The maximum absolute atomic E-state index is 12.1. The van der Waals surface area contributed by atoms with Crippen molar-refractivity contribution in [3.8, 4) is 0 Å². The van der Waals surface area contributed by atoms with Crippen LogP contribution in [-0.4, -0.2) is 18.2 Å². The lowest BCUT2D eigenvalue weighted by Crippen LogP contribution is -2.26. The molecule has 1 aliphatic carbocycles. The Bertz CT molecular complexity index is 687. The molecular formula is C14H19N3O3S. The molecule has 2 aromatic heterocycles. The predicted molar refractivity (Wildman–Crippen MR) is 77.0 cm³/mol. The molecule has 1 atom stereocenters. The van der Waals surface area contributed by atoms with Crippen LogP contribution in [0.25, 0.3) is 0 Å². The van der Waals surface area contributed by atoms with Gasteiger partial charge in [0, 0.05) is 24.3 Å². The molecule has 0 aromatic carbocycles. The zero-order chi connectivity index (χ0) is 14.9. The Morgan fingerprint density at radius 2 is 2.33 bits per heavy atom. The number of nitrogens with zero attached hydrogens (tertiary/aromatic N) is 2. The molecule has 0 aliphatic heterocycles. The van der Waals surface area contributed by atoms with Crippen LogP contribution in [0.5, 0.6) is 0 Å². The monoisotopic (exact) mass is 309 g/mol. The van der Waals surface area contributed by atoms with Gasteiger partial charge in [-0.3, -0.25) is 4.68 Å². The summed E-state index contributed by atoms with van der Waals surface area (Å²) in [5.41, 5.74) is 0.851. The fourth-order valence-electron chi connectivity index (χ4n) is 2.42. The highest BCUT2D eigenvalue weighted by atomic mass is 32.2. The van der Waals surface area contributed by atoms with E-state index in [0.29, 0.717) is 5.92 Å². The molecule has 0 bridgehead atoms. The molecule has 2 heterocycles. The van der Waals surface area contributed by atoms with E-state index in [1.165, 1.54) is 31.6 Å². The Hall–Kier alpha value is -1.60.